The van der Waals surface area contributed by atoms with Crippen LogP contribution in [0.4, 0.5) is 4.39 Å². The molecule has 0 fully saturated rings. The molecule has 0 radical (unpaired) electrons. The average molecular weight is 279 g/mol. The summed E-state index contributed by atoms with van der Waals surface area (Å²) in [7, 11) is 3.58. The van der Waals surface area contributed by atoms with Crippen molar-refractivity contribution >= 4 is 11.3 Å². The molecule has 4 heteroatoms. The largest absolute Gasteiger partial charge is 0.496 e. The Labute approximate surface area is 117 Å². The molecule has 1 aromatic heterocycles. The number of hydrogen-bond acceptors (Lipinski definition) is 3. The van der Waals surface area contributed by atoms with Gasteiger partial charge in [0.2, 0.25) is 0 Å². The molecule has 2 aromatic rings. The molecule has 0 aliphatic carbocycles. The van der Waals surface area contributed by atoms with Crippen molar-refractivity contribution < 1.29 is 9.13 Å². The summed E-state index contributed by atoms with van der Waals surface area (Å²) < 4.78 is 18.6. The zero-order valence-corrected chi connectivity index (χ0v) is 12.4. The van der Waals surface area contributed by atoms with Crippen molar-refractivity contribution in [3.63, 3.8) is 0 Å². The van der Waals surface area contributed by atoms with E-state index in [1.54, 1.807) is 30.6 Å². The fraction of sp³-hybridized carbons (Fsp3) is 0.333. The zero-order chi connectivity index (χ0) is 14.0. The Balaban J connectivity index is 2.47. The van der Waals surface area contributed by atoms with Crippen molar-refractivity contribution in [1.82, 2.24) is 5.32 Å². The maximum Gasteiger partial charge on any atom is 0.129 e. The molecule has 1 N–H and O–H groups in total. The summed E-state index contributed by atoms with van der Waals surface area (Å²) in [6, 6.07) is 5.25. The molecule has 0 amide bonds. The molecule has 102 valence electrons. The monoisotopic (exact) mass is 279 g/mol. The van der Waals surface area contributed by atoms with Crippen LogP contribution in [-0.2, 0) is 0 Å². The molecule has 1 heterocycles. The summed E-state index contributed by atoms with van der Waals surface area (Å²) in [5.41, 5.74) is 3.06. The Bertz CT molecular complexity index is 556. The van der Waals surface area contributed by atoms with Gasteiger partial charge in [0.1, 0.15) is 11.6 Å². The summed E-state index contributed by atoms with van der Waals surface area (Å²) in [6.45, 7) is 3.89. The van der Waals surface area contributed by atoms with Crippen molar-refractivity contribution in [3.8, 4) is 5.75 Å². The highest BCUT2D eigenvalue weighted by Crippen LogP contribution is 2.34. The molecule has 1 atom stereocenters. The van der Waals surface area contributed by atoms with Crippen molar-refractivity contribution in [2.75, 3.05) is 14.2 Å². The lowest BCUT2D eigenvalue weighted by Gasteiger charge is -2.20. The van der Waals surface area contributed by atoms with Crippen LogP contribution < -0.4 is 10.1 Å². The van der Waals surface area contributed by atoms with Gasteiger partial charge < -0.3 is 10.1 Å². The van der Waals surface area contributed by atoms with Crippen LogP contribution in [0.25, 0.3) is 0 Å². The number of nitrogens with one attached hydrogen (secondary N) is 1. The lowest BCUT2D eigenvalue weighted by atomic mass is 9.95. The minimum absolute atomic E-state index is 0.0644. The van der Waals surface area contributed by atoms with Gasteiger partial charge in [-0.3, -0.25) is 0 Å². The van der Waals surface area contributed by atoms with Crippen molar-refractivity contribution in [2.45, 2.75) is 19.9 Å². The fourth-order valence-electron chi connectivity index (χ4n) is 2.40. The predicted molar refractivity (Wildman–Crippen MR) is 77.6 cm³/mol. The van der Waals surface area contributed by atoms with Gasteiger partial charge in [-0.25, -0.2) is 4.39 Å². The van der Waals surface area contributed by atoms with Crippen LogP contribution in [0.5, 0.6) is 5.75 Å². The van der Waals surface area contributed by atoms with E-state index in [2.05, 4.69) is 5.32 Å². The summed E-state index contributed by atoms with van der Waals surface area (Å²) in [5, 5.41) is 5.29. The van der Waals surface area contributed by atoms with Crippen molar-refractivity contribution in [2.24, 2.45) is 0 Å². The van der Waals surface area contributed by atoms with Gasteiger partial charge in [0.25, 0.3) is 0 Å². The summed E-state index contributed by atoms with van der Waals surface area (Å²) in [4.78, 5) is 1.16. The second-order valence-electron chi connectivity index (χ2n) is 4.56. The Morgan fingerprint density at radius 1 is 1.21 bits per heavy atom. The maximum absolute atomic E-state index is 13.4. The molecule has 1 unspecified atom stereocenters. The topological polar surface area (TPSA) is 21.3 Å². The Kier molecular flexibility index (Phi) is 4.22. The number of rotatable bonds is 4. The Morgan fingerprint density at radius 2 is 1.84 bits per heavy atom. The van der Waals surface area contributed by atoms with Crippen molar-refractivity contribution in [1.29, 1.82) is 0 Å². The second-order valence-corrected chi connectivity index (χ2v) is 5.51. The van der Waals surface area contributed by atoms with Crippen LogP contribution in [0.3, 0.4) is 0 Å². The quantitative estimate of drug-likeness (QED) is 0.918. The molecule has 2 nitrogen and oxygen atoms in total. The minimum Gasteiger partial charge on any atom is -0.496 e. The van der Waals surface area contributed by atoms with Gasteiger partial charge in [-0.1, -0.05) is 0 Å². The van der Waals surface area contributed by atoms with Gasteiger partial charge in [0.05, 0.1) is 13.2 Å². The highest BCUT2D eigenvalue weighted by atomic mass is 32.1. The molecular formula is C15H18FNOS. The first kappa shape index (κ1) is 14.0. The van der Waals surface area contributed by atoms with E-state index in [-0.39, 0.29) is 11.9 Å². The highest BCUT2D eigenvalue weighted by Gasteiger charge is 2.19. The smallest absolute Gasteiger partial charge is 0.129 e. The summed E-state index contributed by atoms with van der Waals surface area (Å²) >= 11 is 1.64. The number of ether oxygens (including phenoxy) is 1. The first-order valence-corrected chi connectivity index (χ1v) is 7.01. The molecule has 1 aromatic carbocycles. The van der Waals surface area contributed by atoms with Gasteiger partial charge in [-0.15, -0.1) is 11.3 Å². The number of benzene rings is 1. The van der Waals surface area contributed by atoms with Gasteiger partial charge >= 0.3 is 0 Å². The zero-order valence-electron chi connectivity index (χ0n) is 11.6. The third kappa shape index (κ3) is 2.80. The number of thiophene rings is 1. The van der Waals surface area contributed by atoms with Crippen LogP contribution >= 0.6 is 11.3 Å². The van der Waals surface area contributed by atoms with E-state index >= 15 is 0 Å². The molecule has 0 saturated heterocycles. The van der Waals surface area contributed by atoms with Crippen molar-refractivity contribution in [3.05, 3.63) is 51.0 Å². The van der Waals surface area contributed by atoms with Gasteiger partial charge in [-0.2, -0.15) is 0 Å². The van der Waals surface area contributed by atoms with E-state index in [0.29, 0.717) is 0 Å². The molecule has 0 spiro atoms. The van der Waals surface area contributed by atoms with E-state index in [1.807, 2.05) is 32.3 Å². The normalized spacial score (nSPS) is 12.5. The summed E-state index contributed by atoms with van der Waals surface area (Å²) in [6.07, 6.45) is 0. The maximum atomic E-state index is 13.4. The first-order chi connectivity index (χ1) is 9.06. The molecule has 0 aliphatic heterocycles. The van der Waals surface area contributed by atoms with E-state index in [1.165, 1.54) is 0 Å². The van der Waals surface area contributed by atoms with Crippen LogP contribution in [0.2, 0.25) is 0 Å². The number of halogens is 1. The van der Waals surface area contributed by atoms with E-state index in [0.717, 1.165) is 27.3 Å². The highest BCUT2D eigenvalue weighted by molar-refractivity contribution is 7.10. The minimum atomic E-state index is -0.183. The molecule has 0 saturated carbocycles. The lowest BCUT2D eigenvalue weighted by Crippen LogP contribution is -2.19. The SMILES string of the molecule is CNC(c1cc(OC)cs1)c1c(C)cc(F)cc1C. The first-order valence-electron chi connectivity index (χ1n) is 6.13. The van der Waals surface area contributed by atoms with E-state index in [9.17, 15) is 4.39 Å². The van der Waals surface area contributed by atoms with Gasteiger partial charge in [0.15, 0.2) is 0 Å². The Hall–Kier alpha value is -1.39. The second kappa shape index (κ2) is 5.72. The number of aryl methyl sites for hydroxylation is 2. The van der Waals surface area contributed by atoms with Crippen LogP contribution in [0.15, 0.2) is 23.6 Å². The van der Waals surface area contributed by atoms with Crippen LogP contribution in [0, 0.1) is 19.7 Å². The molecular weight excluding hydrogens is 261 g/mol. The standard InChI is InChI=1S/C15H18FNOS/c1-9-5-11(16)6-10(2)14(9)15(17-3)13-7-12(18-4)8-19-13/h5-8,15,17H,1-4H3. The van der Waals surface area contributed by atoms with Crippen LogP contribution in [-0.4, -0.2) is 14.2 Å². The van der Waals surface area contributed by atoms with E-state index < -0.39 is 0 Å². The lowest BCUT2D eigenvalue weighted by molar-refractivity contribution is 0.416. The molecule has 2 rings (SSSR count). The number of hydrogen-bond donors (Lipinski definition) is 1. The molecule has 0 aliphatic rings. The molecule has 0 bridgehead atoms. The Morgan fingerprint density at radius 3 is 2.32 bits per heavy atom. The van der Waals surface area contributed by atoms with Gasteiger partial charge in [-0.05, 0) is 55.8 Å². The fourth-order valence-corrected chi connectivity index (χ4v) is 3.37. The molecule has 19 heavy (non-hydrogen) atoms. The number of methoxy groups -OCH3 is 1. The third-order valence-corrected chi connectivity index (χ3v) is 4.23. The van der Waals surface area contributed by atoms with Gasteiger partial charge in [0, 0.05) is 10.3 Å². The average Bonchev–Trinajstić information content (AvgIpc) is 2.81. The van der Waals surface area contributed by atoms with Crippen LogP contribution in [0.1, 0.15) is 27.6 Å². The predicted octanol–water partition coefficient (Wildman–Crippen LogP) is 3.82. The third-order valence-electron chi connectivity index (χ3n) is 3.25. The van der Waals surface area contributed by atoms with E-state index in [4.69, 9.17) is 4.74 Å². The summed E-state index contributed by atoms with van der Waals surface area (Å²) in [5.74, 6) is 0.676.